The first-order valence-corrected chi connectivity index (χ1v) is 9.28. The van der Waals surface area contributed by atoms with Crippen LogP contribution in [0.15, 0.2) is 24.3 Å². The van der Waals surface area contributed by atoms with Crippen LogP contribution in [0.25, 0.3) is 0 Å². The lowest BCUT2D eigenvalue weighted by Crippen LogP contribution is -2.54. The van der Waals surface area contributed by atoms with Crippen LogP contribution in [0.1, 0.15) is 38.5 Å². The van der Waals surface area contributed by atoms with Crippen molar-refractivity contribution in [2.45, 2.75) is 38.5 Å². The van der Waals surface area contributed by atoms with Gasteiger partial charge in [-0.2, -0.15) is 0 Å². The molecule has 25 heavy (non-hydrogen) atoms. The average Bonchev–Trinajstić information content (AvgIpc) is 2.59. The third-order valence-electron chi connectivity index (χ3n) is 6.30. The molecule has 0 radical (unpaired) electrons. The maximum absolute atomic E-state index is 12.8. The van der Waals surface area contributed by atoms with Gasteiger partial charge in [-0.15, -0.1) is 0 Å². The van der Waals surface area contributed by atoms with Crippen molar-refractivity contribution in [2.24, 2.45) is 23.2 Å². The van der Waals surface area contributed by atoms with E-state index >= 15 is 0 Å². The lowest BCUT2D eigenvalue weighted by molar-refractivity contribution is -0.146. The number of ether oxygens (including phenoxy) is 1. The fraction of sp³-hybridized carbons (Fsp3) is 0.600. The Balaban J connectivity index is 1.31. The van der Waals surface area contributed by atoms with E-state index in [0.29, 0.717) is 5.69 Å². The van der Waals surface area contributed by atoms with Crippen LogP contribution in [0.2, 0.25) is 0 Å². The summed E-state index contributed by atoms with van der Waals surface area (Å²) in [5.74, 6) is 2.83. The number of rotatable bonds is 5. The smallest absolute Gasteiger partial charge is 0.243 e. The molecule has 5 nitrogen and oxygen atoms in total. The number of nitrogens with one attached hydrogen (secondary N) is 2. The molecule has 0 heterocycles. The van der Waals surface area contributed by atoms with Gasteiger partial charge >= 0.3 is 0 Å². The molecule has 4 fully saturated rings. The second kappa shape index (κ2) is 6.36. The van der Waals surface area contributed by atoms with E-state index < -0.39 is 0 Å². The lowest BCUT2D eigenvalue weighted by Gasteiger charge is -2.55. The minimum Gasteiger partial charge on any atom is -0.497 e. The largest absolute Gasteiger partial charge is 0.497 e. The molecule has 5 rings (SSSR count). The molecule has 0 unspecified atom stereocenters. The van der Waals surface area contributed by atoms with Crippen molar-refractivity contribution >= 4 is 17.5 Å². The maximum atomic E-state index is 12.8. The van der Waals surface area contributed by atoms with E-state index in [4.69, 9.17) is 4.74 Å². The van der Waals surface area contributed by atoms with E-state index in [2.05, 4.69) is 10.6 Å². The molecule has 0 atom stereocenters. The topological polar surface area (TPSA) is 67.4 Å². The highest BCUT2D eigenvalue weighted by Crippen LogP contribution is 2.60. The highest BCUT2D eigenvalue weighted by atomic mass is 16.5. The number of amides is 2. The molecule has 1 aromatic rings. The zero-order chi connectivity index (χ0) is 17.4. The number of carbonyl (C=O) groups excluding carboxylic acids is 2. The number of hydrogen-bond donors (Lipinski definition) is 2. The number of anilines is 1. The number of benzene rings is 1. The van der Waals surface area contributed by atoms with Crippen LogP contribution in [0, 0.1) is 23.2 Å². The van der Waals surface area contributed by atoms with Crippen LogP contribution in [0.5, 0.6) is 5.75 Å². The second-order valence-electron chi connectivity index (χ2n) is 8.16. The van der Waals surface area contributed by atoms with Crippen LogP contribution >= 0.6 is 0 Å². The van der Waals surface area contributed by atoms with Gasteiger partial charge in [0, 0.05) is 11.1 Å². The molecule has 0 aromatic heterocycles. The van der Waals surface area contributed by atoms with E-state index in [1.165, 1.54) is 19.3 Å². The molecule has 2 N–H and O–H groups in total. The Morgan fingerprint density at radius 2 is 1.60 bits per heavy atom. The van der Waals surface area contributed by atoms with E-state index in [1.807, 2.05) is 0 Å². The minimum atomic E-state index is -0.199. The first-order valence-electron chi connectivity index (χ1n) is 9.28. The molecule has 4 aliphatic rings. The van der Waals surface area contributed by atoms with Gasteiger partial charge < -0.3 is 15.4 Å². The Labute approximate surface area is 148 Å². The Hall–Kier alpha value is -2.04. The van der Waals surface area contributed by atoms with Crippen molar-refractivity contribution in [3.05, 3.63) is 24.3 Å². The standard InChI is InChI=1S/C20H26N2O3/c1-25-17-4-2-16(3-5-17)22-18(23)12-21-19(24)20-9-13-6-14(10-20)8-15(7-13)11-20/h2-5,13-15H,6-12H2,1H3,(H,21,24)(H,22,23). The van der Waals surface area contributed by atoms with Gasteiger partial charge in [-0.25, -0.2) is 0 Å². The molecule has 134 valence electrons. The van der Waals surface area contributed by atoms with E-state index in [0.717, 1.165) is 42.8 Å². The van der Waals surface area contributed by atoms with Gasteiger partial charge in [-0.1, -0.05) is 0 Å². The molecule has 4 bridgehead atoms. The molecule has 1 aromatic carbocycles. The molecule has 4 aliphatic carbocycles. The van der Waals surface area contributed by atoms with Crippen LogP contribution in [-0.2, 0) is 9.59 Å². The Morgan fingerprint density at radius 3 is 2.12 bits per heavy atom. The monoisotopic (exact) mass is 342 g/mol. The van der Waals surface area contributed by atoms with E-state index in [-0.39, 0.29) is 23.8 Å². The van der Waals surface area contributed by atoms with Crippen molar-refractivity contribution in [2.75, 3.05) is 19.0 Å². The van der Waals surface area contributed by atoms with E-state index in [9.17, 15) is 9.59 Å². The highest BCUT2D eigenvalue weighted by molar-refractivity contribution is 5.95. The lowest BCUT2D eigenvalue weighted by atomic mass is 9.49. The molecule has 2 amide bonds. The SMILES string of the molecule is COc1ccc(NC(=O)CNC(=O)C23CC4CC(CC(C4)C2)C3)cc1. The molecule has 0 aliphatic heterocycles. The minimum absolute atomic E-state index is 0.0343. The maximum Gasteiger partial charge on any atom is 0.243 e. The number of hydrogen-bond acceptors (Lipinski definition) is 3. The fourth-order valence-corrected chi connectivity index (χ4v) is 5.62. The zero-order valence-electron chi connectivity index (χ0n) is 14.7. The summed E-state index contributed by atoms with van der Waals surface area (Å²) in [6.45, 7) is 0.0343. The summed E-state index contributed by atoms with van der Waals surface area (Å²) < 4.78 is 5.10. The van der Waals surface area contributed by atoms with Gasteiger partial charge in [-0.3, -0.25) is 9.59 Å². The van der Waals surface area contributed by atoms with Crippen LogP contribution < -0.4 is 15.4 Å². The third kappa shape index (κ3) is 3.24. The normalized spacial score (nSPS) is 32.3. The predicted octanol–water partition coefficient (Wildman–Crippen LogP) is 2.97. The summed E-state index contributed by atoms with van der Waals surface area (Å²) in [6.07, 6.45) is 6.99. The van der Waals surface area contributed by atoms with Crippen LogP contribution in [-0.4, -0.2) is 25.5 Å². The summed E-state index contributed by atoms with van der Waals surface area (Å²) in [7, 11) is 1.60. The second-order valence-corrected chi connectivity index (χ2v) is 8.16. The summed E-state index contributed by atoms with van der Waals surface area (Å²) in [4.78, 5) is 25.0. The quantitative estimate of drug-likeness (QED) is 0.864. The predicted molar refractivity (Wildman–Crippen MR) is 95.2 cm³/mol. The average molecular weight is 342 g/mol. The van der Waals surface area contributed by atoms with Crippen molar-refractivity contribution < 1.29 is 14.3 Å². The third-order valence-corrected chi connectivity index (χ3v) is 6.30. The summed E-state index contributed by atoms with van der Waals surface area (Å²) >= 11 is 0. The fourth-order valence-electron chi connectivity index (χ4n) is 5.62. The molecule has 4 saturated carbocycles. The van der Waals surface area contributed by atoms with E-state index in [1.54, 1.807) is 31.4 Å². The molecule has 0 spiro atoms. The van der Waals surface area contributed by atoms with Gasteiger partial charge in [0.1, 0.15) is 5.75 Å². The Bertz CT molecular complexity index is 633. The Kier molecular flexibility index (Phi) is 4.18. The van der Waals surface area contributed by atoms with Crippen LogP contribution in [0.4, 0.5) is 5.69 Å². The van der Waals surface area contributed by atoms with Gasteiger partial charge in [-0.05, 0) is 80.5 Å². The molecular formula is C20H26N2O3. The first kappa shape index (κ1) is 16.4. The molecule has 0 saturated heterocycles. The van der Waals surface area contributed by atoms with Crippen molar-refractivity contribution in [3.8, 4) is 5.75 Å². The van der Waals surface area contributed by atoms with Crippen molar-refractivity contribution in [3.63, 3.8) is 0 Å². The molecule has 5 heteroatoms. The Morgan fingerprint density at radius 1 is 1.04 bits per heavy atom. The summed E-state index contributed by atoms with van der Waals surface area (Å²) in [6, 6.07) is 7.17. The zero-order valence-corrected chi connectivity index (χ0v) is 14.7. The van der Waals surface area contributed by atoms with Crippen molar-refractivity contribution in [1.29, 1.82) is 0 Å². The number of carbonyl (C=O) groups is 2. The van der Waals surface area contributed by atoms with Gasteiger partial charge in [0.25, 0.3) is 0 Å². The molecular weight excluding hydrogens is 316 g/mol. The van der Waals surface area contributed by atoms with Crippen molar-refractivity contribution in [1.82, 2.24) is 5.32 Å². The van der Waals surface area contributed by atoms with Crippen LogP contribution in [0.3, 0.4) is 0 Å². The highest BCUT2D eigenvalue weighted by Gasteiger charge is 2.54. The number of methoxy groups -OCH3 is 1. The van der Waals surface area contributed by atoms with Gasteiger partial charge in [0.15, 0.2) is 0 Å². The van der Waals surface area contributed by atoms with Gasteiger partial charge in [0.2, 0.25) is 11.8 Å². The van der Waals surface area contributed by atoms with Gasteiger partial charge in [0.05, 0.1) is 13.7 Å². The first-order chi connectivity index (χ1) is 12.1. The summed E-state index contributed by atoms with van der Waals surface area (Å²) in [5.41, 5.74) is 0.504. The summed E-state index contributed by atoms with van der Waals surface area (Å²) in [5, 5.41) is 5.72.